The molecule has 2 rings (SSSR count). The van der Waals surface area contributed by atoms with Gasteiger partial charge in [-0.25, -0.2) is 4.98 Å². The van der Waals surface area contributed by atoms with E-state index in [1.807, 2.05) is 18.2 Å². The zero-order chi connectivity index (χ0) is 12.6. The van der Waals surface area contributed by atoms with Gasteiger partial charge >= 0.3 is 0 Å². The lowest BCUT2D eigenvalue weighted by molar-refractivity contribution is 0.577. The van der Waals surface area contributed by atoms with Crippen LogP contribution < -0.4 is 5.32 Å². The van der Waals surface area contributed by atoms with Gasteiger partial charge in [-0.05, 0) is 25.1 Å². The second-order valence-electron chi connectivity index (χ2n) is 4.79. The number of unbranched alkanes of at least 4 members (excludes halogenated alkanes) is 4. The lowest BCUT2D eigenvalue weighted by atomic mass is 10.1. The Bertz CT molecular complexity index is 428. The molecule has 0 unspecified atom stereocenters. The Morgan fingerprint density at radius 3 is 2.78 bits per heavy atom. The molecule has 3 heteroatoms. The third kappa shape index (κ3) is 3.84. The molecule has 1 aromatic heterocycles. The van der Waals surface area contributed by atoms with Crippen LogP contribution in [0.3, 0.4) is 0 Å². The first-order valence-corrected chi connectivity index (χ1v) is 7.04. The monoisotopic (exact) mass is 245 g/mol. The number of nitrogens with one attached hydrogen (secondary N) is 2. The van der Waals surface area contributed by atoms with Gasteiger partial charge in [0.25, 0.3) is 0 Å². The van der Waals surface area contributed by atoms with Gasteiger partial charge in [0.15, 0.2) is 0 Å². The van der Waals surface area contributed by atoms with E-state index in [1.165, 1.54) is 32.1 Å². The molecule has 2 aromatic rings. The first-order chi connectivity index (χ1) is 8.90. The van der Waals surface area contributed by atoms with E-state index >= 15 is 0 Å². The van der Waals surface area contributed by atoms with Crippen molar-refractivity contribution in [2.45, 2.75) is 45.6 Å². The molecule has 0 radical (unpaired) electrons. The molecule has 0 saturated carbocycles. The van der Waals surface area contributed by atoms with Crippen LogP contribution in [0.15, 0.2) is 24.3 Å². The van der Waals surface area contributed by atoms with Crippen LogP contribution in [0.2, 0.25) is 0 Å². The molecule has 0 aliphatic carbocycles. The number of H-pyrrole nitrogens is 1. The number of para-hydroxylation sites is 2. The van der Waals surface area contributed by atoms with Crippen LogP contribution in [-0.4, -0.2) is 16.5 Å². The maximum absolute atomic E-state index is 4.54. The highest BCUT2D eigenvalue weighted by Crippen LogP contribution is 2.09. The number of nitrogens with zero attached hydrogens (tertiary/aromatic N) is 1. The normalized spacial score (nSPS) is 11.2. The Kier molecular flexibility index (Phi) is 5.21. The average Bonchev–Trinajstić information content (AvgIpc) is 2.80. The van der Waals surface area contributed by atoms with Crippen molar-refractivity contribution in [1.29, 1.82) is 0 Å². The van der Waals surface area contributed by atoms with Gasteiger partial charge in [-0.3, -0.25) is 0 Å². The zero-order valence-corrected chi connectivity index (χ0v) is 11.2. The van der Waals surface area contributed by atoms with Crippen molar-refractivity contribution in [3.05, 3.63) is 30.1 Å². The van der Waals surface area contributed by atoms with E-state index in [-0.39, 0.29) is 0 Å². The van der Waals surface area contributed by atoms with E-state index in [9.17, 15) is 0 Å². The lowest BCUT2D eigenvalue weighted by Gasteiger charge is -2.02. The third-order valence-electron chi connectivity index (χ3n) is 3.19. The Hall–Kier alpha value is -1.35. The summed E-state index contributed by atoms with van der Waals surface area (Å²) in [5, 5.41) is 3.45. The minimum absolute atomic E-state index is 0.836. The molecule has 0 saturated heterocycles. The molecular formula is C15H23N3. The lowest BCUT2D eigenvalue weighted by Crippen LogP contribution is -2.15. The molecule has 0 fully saturated rings. The fraction of sp³-hybridized carbons (Fsp3) is 0.533. The van der Waals surface area contributed by atoms with E-state index in [0.717, 1.165) is 29.9 Å². The molecule has 0 spiro atoms. The van der Waals surface area contributed by atoms with Crippen molar-refractivity contribution < 1.29 is 0 Å². The topological polar surface area (TPSA) is 40.7 Å². The summed E-state index contributed by atoms with van der Waals surface area (Å²) in [7, 11) is 0. The van der Waals surface area contributed by atoms with Gasteiger partial charge in [-0.15, -0.1) is 0 Å². The minimum Gasteiger partial charge on any atom is -0.341 e. The predicted molar refractivity (Wildman–Crippen MR) is 76.6 cm³/mol. The Morgan fingerprint density at radius 1 is 1.11 bits per heavy atom. The predicted octanol–water partition coefficient (Wildman–Crippen LogP) is 3.62. The number of hydrogen-bond donors (Lipinski definition) is 2. The summed E-state index contributed by atoms with van der Waals surface area (Å²) in [5.74, 6) is 1.03. The summed E-state index contributed by atoms with van der Waals surface area (Å²) in [5.41, 5.74) is 2.18. The van der Waals surface area contributed by atoms with Crippen LogP contribution in [0, 0.1) is 0 Å². The maximum Gasteiger partial charge on any atom is 0.121 e. The van der Waals surface area contributed by atoms with Gasteiger partial charge in [0.1, 0.15) is 5.82 Å². The molecule has 2 N–H and O–H groups in total. The largest absolute Gasteiger partial charge is 0.341 e. The molecule has 1 heterocycles. The van der Waals surface area contributed by atoms with E-state index in [0.29, 0.717) is 0 Å². The van der Waals surface area contributed by atoms with E-state index in [1.54, 1.807) is 0 Å². The van der Waals surface area contributed by atoms with Gasteiger partial charge in [0.2, 0.25) is 0 Å². The number of aromatic nitrogens is 2. The molecule has 0 amide bonds. The second-order valence-corrected chi connectivity index (χ2v) is 4.79. The van der Waals surface area contributed by atoms with E-state index in [4.69, 9.17) is 0 Å². The fourth-order valence-corrected chi connectivity index (χ4v) is 2.15. The van der Waals surface area contributed by atoms with E-state index in [2.05, 4.69) is 28.3 Å². The van der Waals surface area contributed by atoms with Gasteiger partial charge in [0.05, 0.1) is 17.6 Å². The van der Waals surface area contributed by atoms with Crippen molar-refractivity contribution in [3.8, 4) is 0 Å². The van der Waals surface area contributed by atoms with Crippen LogP contribution in [0.1, 0.15) is 44.9 Å². The molecule has 18 heavy (non-hydrogen) atoms. The second kappa shape index (κ2) is 7.17. The van der Waals surface area contributed by atoms with Crippen molar-refractivity contribution >= 4 is 11.0 Å². The first kappa shape index (κ1) is 13.1. The van der Waals surface area contributed by atoms with Gasteiger partial charge in [-0.2, -0.15) is 0 Å². The smallest absolute Gasteiger partial charge is 0.121 e. The van der Waals surface area contributed by atoms with Gasteiger partial charge < -0.3 is 10.3 Å². The molecule has 1 aromatic carbocycles. The van der Waals surface area contributed by atoms with Crippen molar-refractivity contribution in [1.82, 2.24) is 15.3 Å². The molecule has 3 nitrogen and oxygen atoms in total. The SMILES string of the molecule is CCCCCCCNCc1nc2ccccc2[nH]1. The highest BCUT2D eigenvalue weighted by Gasteiger charge is 2.00. The number of rotatable bonds is 8. The van der Waals surface area contributed by atoms with Crippen molar-refractivity contribution in [2.24, 2.45) is 0 Å². The molecule has 0 atom stereocenters. The minimum atomic E-state index is 0.836. The van der Waals surface area contributed by atoms with Crippen LogP contribution in [0.25, 0.3) is 11.0 Å². The summed E-state index contributed by atoms with van der Waals surface area (Å²) in [6, 6.07) is 8.16. The standard InChI is InChI=1S/C15H23N3/c1-2-3-4-5-8-11-16-12-15-17-13-9-6-7-10-14(13)18-15/h6-7,9-10,16H,2-5,8,11-12H2,1H3,(H,17,18). The van der Waals surface area contributed by atoms with Gasteiger partial charge in [0, 0.05) is 0 Å². The number of aromatic amines is 1. The highest BCUT2D eigenvalue weighted by molar-refractivity contribution is 5.74. The molecule has 0 aliphatic rings. The summed E-state index contributed by atoms with van der Waals surface area (Å²) in [6.45, 7) is 4.17. The van der Waals surface area contributed by atoms with Crippen molar-refractivity contribution in [3.63, 3.8) is 0 Å². The van der Waals surface area contributed by atoms with Crippen LogP contribution >= 0.6 is 0 Å². The number of imidazole rings is 1. The number of hydrogen-bond acceptors (Lipinski definition) is 2. The summed E-state index contributed by atoms with van der Waals surface area (Å²) < 4.78 is 0. The first-order valence-electron chi connectivity index (χ1n) is 7.04. The molecule has 98 valence electrons. The maximum atomic E-state index is 4.54. The van der Waals surface area contributed by atoms with Gasteiger partial charge in [-0.1, -0.05) is 44.7 Å². The average molecular weight is 245 g/mol. The molecular weight excluding hydrogens is 222 g/mol. The summed E-state index contributed by atoms with van der Waals surface area (Å²) in [6.07, 6.45) is 6.64. The van der Waals surface area contributed by atoms with Crippen molar-refractivity contribution in [2.75, 3.05) is 6.54 Å². The number of benzene rings is 1. The Balaban J connectivity index is 1.67. The van der Waals surface area contributed by atoms with Crippen LogP contribution in [-0.2, 0) is 6.54 Å². The Morgan fingerprint density at radius 2 is 1.94 bits per heavy atom. The zero-order valence-electron chi connectivity index (χ0n) is 11.2. The van der Waals surface area contributed by atoms with Crippen LogP contribution in [0.4, 0.5) is 0 Å². The summed E-state index contributed by atoms with van der Waals surface area (Å²) in [4.78, 5) is 7.88. The fourth-order valence-electron chi connectivity index (χ4n) is 2.15. The van der Waals surface area contributed by atoms with Crippen LogP contribution in [0.5, 0.6) is 0 Å². The quantitative estimate of drug-likeness (QED) is 0.697. The van der Waals surface area contributed by atoms with E-state index < -0.39 is 0 Å². The molecule has 0 aliphatic heterocycles. The summed E-state index contributed by atoms with van der Waals surface area (Å²) >= 11 is 0. The third-order valence-corrected chi connectivity index (χ3v) is 3.19. The Labute approximate surface area is 109 Å². The number of fused-ring (bicyclic) bond motifs is 1. The molecule has 0 bridgehead atoms. The highest BCUT2D eigenvalue weighted by atomic mass is 15.0.